The Morgan fingerprint density at radius 3 is 2.64 bits per heavy atom. The number of likely N-dealkylation sites (N-methyl/N-ethyl adjacent to an activating group) is 1. The fourth-order valence-electron chi connectivity index (χ4n) is 1.30. The largest absolute Gasteiger partial charge is 0.356 e. The Bertz CT molecular complexity index is 212. The van der Waals surface area contributed by atoms with Gasteiger partial charge in [-0.05, 0) is 0 Å². The minimum Gasteiger partial charge on any atom is -0.356 e. The van der Waals surface area contributed by atoms with Gasteiger partial charge in [-0.1, -0.05) is 6.08 Å². The Morgan fingerprint density at radius 1 is 1.43 bits per heavy atom. The van der Waals surface area contributed by atoms with Crippen LogP contribution in [0.3, 0.4) is 0 Å². The lowest BCUT2D eigenvalue weighted by molar-refractivity contribution is -0.116. The summed E-state index contributed by atoms with van der Waals surface area (Å²) in [6.07, 6.45) is 3.51. The Labute approximate surface area is 98.8 Å². The SMILES string of the molecule is CNC(=O)/C=C/CN1CCN(I)CC1. The van der Waals surface area contributed by atoms with Crippen molar-refractivity contribution in [2.24, 2.45) is 0 Å². The second-order valence-corrected chi connectivity index (χ2v) is 4.59. The lowest BCUT2D eigenvalue weighted by Crippen LogP contribution is -2.42. The van der Waals surface area contributed by atoms with E-state index in [0.29, 0.717) is 0 Å². The highest BCUT2D eigenvalue weighted by atomic mass is 127. The van der Waals surface area contributed by atoms with Crippen molar-refractivity contribution < 1.29 is 4.79 Å². The van der Waals surface area contributed by atoms with Crippen LogP contribution >= 0.6 is 22.9 Å². The molecule has 0 aliphatic carbocycles. The van der Waals surface area contributed by atoms with Gasteiger partial charge in [-0.2, -0.15) is 0 Å². The van der Waals surface area contributed by atoms with Crippen LogP contribution in [0.1, 0.15) is 0 Å². The van der Waals surface area contributed by atoms with Crippen molar-refractivity contribution in [1.82, 2.24) is 13.3 Å². The first-order valence-electron chi connectivity index (χ1n) is 4.73. The van der Waals surface area contributed by atoms with Crippen LogP contribution in [0, 0.1) is 0 Å². The third-order valence-corrected chi connectivity index (χ3v) is 3.16. The molecule has 1 saturated heterocycles. The molecule has 1 rings (SSSR count). The smallest absolute Gasteiger partial charge is 0.243 e. The Hall–Kier alpha value is -0.140. The van der Waals surface area contributed by atoms with Crippen LogP contribution in [0.4, 0.5) is 0 Å². The summed E-state index contributed by atoms with van der Waals surface area (Å²) in [5.41, 5.74) is 0. The van der Waals surface area contributed by atoms with E-state index in [-0.39, 0.29) is 5.91 Å². The number of carbonyl (C=O) groups is 1. The van der Waals surface area contributed by atoms with E-state index in [2.05, 4.69) is 36.2 Å². The number of nitrogens with zero attached hydrogens (tertiary/aromatic N) is 2. The van der Waals surface area contributed by atoms with Crippen LogP contribution in [-0.4, -0.2) is 53.7 Å². The van der Waals surface area contributed by atoms with E-state index in [9.17, 15) is 4.79 Å². The Balaban J connectivity index is 2.19. The van der Waals surface area contributed by atoms with Crippen LogP contribution in [-0.2, 0) is 4.79 Å². The van der Waals surface area contributed by atoms with Gasteiger partial charge in [0.25, 0.3) is 0 Å². The molecule has 0 aromatic heterocycles. The summed E-state index contributed by atoms with van der Waals surface area (Å²) in [6.45, 7) is 5.25. The number of hydrogen-bond donors (Lipinski definition) is 1. The fraction of sp³-hybridized carbons (Fsp3) is 0.667. The van der Waals surface area contributed by atoms with Gasteiger partial charge < -0.3 is 5.32 Å². The number of halogens is 1. The first-order chi connectivity index (χ1) is 6.72. The average molecular weight is 309 g/mol. The van der Waals surface area contributed by atoms with E-state index in [0.717, 1.165) is 32.7 Å². The summed E-state index contributed by atoms with van der Waals surface area (Å²) in [5, 5.41) is 2.56. The highest BCUT2D eigenvalue weighted by Crippen LogP contribution is 2.05. The van der Waals surface area contributed by atoms with Crippen molar-refractivity contribution in [1.29, 1.82) is 0 Å². The van der Waals surface area contributed by atoms with Gasteiger partial charge >= 0.3 is 0 Å². The molecule has 1 aliphatic heterocycles. The first kappa shape index (κ1) is 11.9. The highest BCUT2D eigenvalue weighted by molar-refractivity contribution is 14.1. The number of rotatable bonds is 3. The van der Waals surface area contributed by atoms with Gasteiger partial charge in [0, 0.05) is 68.7 Å². The van der Waals surface area contributed by atoms with E-state index in [1.165, 1.54) is 0 Å². The molecule has 14 heavy (non-hydrogen) atoms. The van der Waals surface area contributed by atoms with Gasteiger partial charge in [0.15, 0.2) is 0 Å². The second-order valence-electron chi connectivity index (χ2n) is 3.23. The third kappa shape index (κ3) is 4.39. The first-order valence-corrected chi connectivity index (χ1v) is 5.70. The molecule has 4 nitrogen and oxygen atoms in total. The molecule has 1 N–H and O–H groups in total. The molecule has 0 radical (unpaired) electrons. The van der Waals surface area contributed by atoms with Crippen LogP contribution in [0.2, 0.25) is 0 Å². The van der Waals surface area contributed by atoms with Gasteiger partial charge in [-0.25, -0.2) is 3.11 Å². The van der Waals surface area contributed by atoms with Gasteiger partial charge in [0.1, 0.15) is 0 Å². The maximum atomic E-state index is 10.9. The number of nitrogens with one attached hydrogen (secondary N) is 1. The van der Waals surface area contributed by atoms with Gasteiger partial charge in [-0.15, -0.1) is 0 Å². The zero-order valence-electron chi connectivity index (χ0n) is 8.37. The molecule has 1 aliphatic rings. The molecule has 5 heteroatoms. The summed E-state index contributed by atoms with van der Waals surface area (Å²) in [6, 6.07) is 0. The number of piperazine rings is 1. The summed E-state index contributed by atoms with van der Waals surface area (Å²) in [7, 11) is 1.64. The minimum absolute atomic E-state index is 0.0301. The number of hydrogen-bond acceptors (Lipinski definition) is 3. The van der Waals surface area contributed by atoms with E-state index >= 15 is 0 Å². The second kappa shape index (κ2) is 6.36. The topological polar surface area (TPSA) is 35.6 Å². The molecular weight excluding hydrogens is 293 g/mol. The van der Waals surface area contributed by atoms with Gasteiger partial charge in [-0.3, -0.25) is 9.69 Å². The minimum atomic E-state index is -0.0301. The van der Waals surface area contributed by atoms with Crippen molar-refractivity contribution in [3.8, 4) is 0 Å². The molecule has 0 bridgehead atoms. The Morgan fingerprint density at radius 2 is 2.07 bits per heavy atom. The monoisotopic (exact) mass is 309 g/mol. The lowest BCUT2D eigenvalue weighted by atomic mass is 10.3. The lowest BCUT2D eigenvalue weighted by Gasteiger charge is -2.30. The highest BCUT2D eigenvalue weighted by Gasteiger charge is 2.12. The summed E-state index contributed by atoms with van der Waals surface area (Å²) in [5.74, 6) is -0.0301. The quantitative estimate of drug-likeness (QED) is 0.461. The van der Waals surface area contributed by atoms with Crippen LogP contribution in [0.15, 0.2) is 12.2 Å². The van der Waals surface area contributed by atoms with Crippen LogP contribution < -0.4 is 5.32 Å². The van der Waals surface area contributed by atoms with Crippen LogP contribution in [0.25, 0.3) is 0 Å². The molecule has 0 saturated carbocycles. The van der Waals surface area contributed by atoms with E-state index in [1.807, 2.05) is 6.08 Å². The molecule has 1 heterocycles. The fourth-order valence-corrected chi connectivity index (χ4v) is 1.73. The number of amides is 1. The molecular formula is C9H16IN3O. The Kier molecular flexibility index (Phi) is 5.42. The average Bonchev–Trinajstić information content (AvgIpc) is 2.21. The van der Waals surface area contributed by atoms with Crippen molar-refractivity contribution in [2.75, 3.05) is 39.8 Å². The number of carbonyl (C=O) groups excluding carboxylic acids is 1. The van der Waals surface area contributed by atoms with Gasteiger partial charge in [0.05, 0.1) is 0 Å². The van der Waals surface area contributed by atoms with Crippen molar-refractivity contribution in [2.45, 2.75) is 0 Å². The third-order valence-electron chi connectivity index (χ3n) is 2.20. The van der Waals surface area contributed by atoms with E-state index in [1.54, 1.807) is 13.1 Å². The van der Waals surface area contributed by atoms with E-state index in [4.69, 9.17) is 0 Å². The molecule has 1 amide bonds. The zero-order chi connectivity index (χ0) is 10.4. The summed E-state index contributed by atoms with van der Waals surface area (Å²) in [4.78, 5) is 13.2. The van der Waals surface area contributed by atoms with E-state index < -0.39 is 0 Å². The maximum Gasteiger partial charge on any atom is 0.243 e. The molecule has 0 unspecified atom stereocenters. The van der Waals surface area contributed by atoms with Crippen molar-refractivity contribution in [3.05, 3.63) is 12.2 Å². The molecule has 80 valence electrons. The van der Waals surface area contributed by atoms with Gasteiger partial charge in [0.2, 0.25) is 5.91 Å². The standard InChI is InChI=1S/C9H16IN3O/c1-11-9(14)3-2-4-12-5-7-13(10)8-6-12/h2-3H,4-8H2,1H3,(H,11,14)/b3-2+. The predicted octanol–water partition coefficient (Wildman–Crippen LogP) is 0.256. The predicted molar refractivity (Wildman–Crippen MR) is 65.2 cm³/mol. The van der Waals surface area contributed by atoms with Crippen LogP contribution in [0.5, 0.6) is 0 Å². The summed E-state index contributed by atoms with van der Waals surface area (Å²) < 4.78 is 2.29. The summed E-state index contributed by atoms with van der Waals surface area (Å²) >= 11 is 2.35. The molecule has 0 spiro atoms. The van der Waals surface area contributed by atoms with Crippen molar-refractivity contribution >= 4 is 28.8 Å². The molecule has 0 aromatic rings. The zero-order valence-corrected chi connectivity index (χ0v) is 10.5. The normalized spacial score (nSPS) is 20.1. The van der Waals surface area contributed by atoms with Crippen molar-refractivity contribution in [3.63, 3.8) is 0 Å². The molecule has 0 atom stereocenters. The molecule has 1 fully saturated rings. The molecule has 0 aromatic carbocycles. The maximum absolute atomic E-state index is 10.9.